The third-order valence-corrected chi connectivity index (χ3v) is 2.43. The number of carbonyl (C=O) groups excluding carboxylic acids is 1. The highest BCUT2D eigenvalue weighted by Gasteiger charge is 2.10. The summed E-state index contributed by atoms with van der Waals surface area (Å²) in [5.74, 6) is -0.0799. The third-order valence-electron chi connectivity index (χ3n) is 2.43. The van der Waals surface area contributed by atoms with Crippen LogP contribution in [0.5, 0.6) is 0 Å². The van der Waals surface area contributed by atoms with Gasteiger partial charge in [0.05, 0.1) is 0 Å². The molecule has 1 heterocycles. The Bertz CT molecular complexity index is 521. The van der Waals surface area contributed by atoms with Crippen molar-refractivity contribution in [1.29, 1.82) is 0 Å². The molecule has 2 aromatic rings. The fourth-order valence-corrected chi connectivity index (χ4v) is 1.46. The minimum absolute atomic E-state index is 0.0799. The number of aromatic nitrogens is 1. The van der Waals surface area contributed by atoms with Crippen LogP contribution in [0.4, 0.5) is 5.69 Å². The Hall–Kier alpha value is -2.16. The predicted molar refractivity (Wildman–Crippen MR) is 63.3 cm³/mol. The summed E-state index contributed by atoms with van der Waals surface area (Å²) in [4.78, 5) is 16.0. The maximum atomic E-state index is 12.0. The van der Waals surface area contributed by atoms with Crippen LogP contribution in [0.1, 0.15) is 21.6 Å². The lowest BCUT2D eigenvalue weighted by molar-refractivity contribution is 0.103. The van der Waals surface area contributed by atoms with Crippen LogP contribution in [0.2, 0.25) is 0 Å². The molecular weight excluding hydrogens is 200 g/mol. The van der Waals surface area contributed by atoms with Gasteiger partial charge in [0, 0.05) is 17.4 Å². The lowest BCUT2D eigenvalue weighted by atomic mass is 10.0. The molecule has 0 saturated carbocycles. The molecule has 0 unspecified atom stereocenters. The first-order valence-electron chi connectivity index (χ1n) is 5.00. The van der Waals surface area contributed by atoms with Gasteiger partial charge in [-0.3, -0.25) is 9.78 Å². The van der Waals surface area contributed by atoms with Gasteiger partial charge in [-0.2, -0.15) is 0 Å². The molecule has 0 aliphatic rings. The fourth-order valence-electron chi connectivity index (χ4n) is 1.46. The minimum atomic E-state index is -0.0799. The van der Waals surface area contributed by atoms with Crippen LogP contribution in [0.25, 0.3) is 0 Å². The molecule has 80 valence electrons. The number of rotatable bonds is 2. The summed E-state index contributed by atoms with van der Waals surface area (Å²) in [6, 6.07) is 10.5. The average Bonchev–Trinajstić information content (AvgIpc) is 2.33. The van der Waals surface area contributed by atoms with Crippen LogP contribution in [0.15, 0.2) is 42.6 Å². The standard InChI is InChI=1S/C13H12N2O/c1-9-8-10(5-6-11(9)14)13(16)12-4-2-3-7-15-12/h2-8H,14H2,1H3. The molecule has 0 atom stereocenters. The molecule has 2 rings (SSSR count). The second-order valence-electron chi connectivity index (χ2n) is 3.62. The topological polar surface area (TPSA) is 56.0 Å². The Kier molecular flexibility index (Phi) is 2.68. The third kappa shape index (κ3) is 1.93. The van der Waals surface area contributed by atoms with Crippen molar-refractivity contribution >= 4 is 11.5 Å². The van der Waals surface area contributed by atoms with Crippen molar-refractivity contribution in [1.82, 2.24) is 4.98 Å². The monoisotopic (exact) mass is 212 g/mol. The molecule has 2 N–H and O–H groups in total. The number of nitrogens with two attached hydrogens (primary N) is 1. The first kappa shape index (κ1) is 10.4. The van der Waals surface area contributed by atoms with E-state index in [1.807, 2.05) is 6.92 Å². The van der Waals surface area contributed by atoms with Crippen LogP contribution >= 0.6 is 0 Å². The van der Waals surface area contributed by atoms with Crippen LogP contribution < -0.4 is 5.73 Å². The summed E-state index contributed by atoms with van der Waals surface area (Å²) < 4.78 is 0. The smallest absolute Gasteiger partial charge is 0.211 e. The summed E-state index contributed by atoms with van der Waals surface area (Å²) >= 11 is 0. The molecule has 0 saturated heterocycles. The molecule has 1 aromatic carbocycles. The molecule has 0 radical (unpaired) electrons. The Morgan fingerprint density at radius 3 is 2.69 bits per heavy atom. The van der Waals surface area contributed by atoms with Crippen LogP contribution in [-0.2, 0) is 0 Å². The average molecular weight is 212 g/mol. The highest BCUT2D eigenvalue weighted by molar-refractivity contribution is 6.07. The molecular formula is C13H12N2O. The number of ketones is 1. The molecule has 3 heteroatoms. The summed E-state index contributed by atoms with van der Waals surface area (Å²) in [6.45, 7) is 1.88. The molecule has 0 amide bonds. The van der Waals surface area contributed by atoms with Gasteiger partial charge >= 0.3 is 0 Å². The van der Waals surface area contributed by atoms with Gasteiger partial charge < -0.3 is 5.73 Å². The number of carbonyl (C=O) groups is 1. The van der Waals surface area contributed by atoms with Crippen molar-refractivity contribution in [3.63, 3.8) is 0 Å². The van der Waals surface area contributed by atoms with Crippen molar-refractivity contribution in [2.45, 2.75) is 6.92 Å². The van der Waals surface area contributed by atoms with Crippen molar-refractivity contribution in [2.75, 3.05) is 5.73 Å². The number of hydrogen-bond acceptors (Lipinski definition) is 3. The summed E-state index contributed by atoms with van der Waals surface area (Å²) in [5.41, 5.74) is 8.36. The minimum Gasteiger partial charge on any atom is -0.399 e. The second kappa shape index (κ2) is 4.14. The van der Waals surface area contributed by atoms with E-state index in [0.717, 1.165) is 5.56 Å². The van der Waals surface area contributed by atoms with Crippen LogP contribution in [0.3, 0.4) is 0 Å². The zero-order valence-corrected chi connectivity index (χ0v) is 8.97. The van der Waals surface area contributed by atoms with Gasteiger partial charge in [-0.05, 0) is 42.8 Å². The molecule has 0 aliphatic carbocycles. The normalized spacial score (nSPS) is 10.1. The molecule has 0 aliphatic heterocycles. The Labute approximate surface area is 93.9 Å². The summed E-state index contributed by atoms with van der Waals surface area (Å²) in [7, 11) is 0. The second-order valence-corrected chi connectivity index (χ2v) is 3.62. The van der Waals surface area contributed by atoms with E-state index >= 15 is 0 Å². The lowest BCUT2D eigenvalue weighted by Gasteiger charge is -2.03. The van der Waals surface area contributed by atoms with Gasteiger partial charge in [-0.1, -0.05) is 6.07 Å². The molecule has 0 spiro atoms. The first-order valence-corrected chi connectivity index (χ1v) is 5.00. The van der Waals surface area contributed by atoms with Crippen molar-refractivity contribution in [3.05, 3.63) is 59.4 Å². The molecule has 3 nitrogen and oxygen atoms in total. The number of aryl methyl sites for hydroxylation is 1. The molecule has 1 aromatic heterocycles. The number of hydrogen-bond donors (Lipinski definition) is 1. The zero-order valence-electron chi connectivity index (χ0n) is 8.97. The number of benzene rings is 1. The summed E-state index contributed by atoms with van der Waals surface area (Å²) in [6.07, 6.45) is 1.61. The SMILES string of the molecule is Cc1cc(C(=O)c2ccccn2)ccc1N. The van der Waals surface area contributed by atoms with Crippen molar-refractivity contribution in [2.24, 2.45) is 0 Å². The van der Waals surface area contributed by atoms with E-state index in [1.54, 1.807) is 42.6 Å². The summed E-state index contributed by atoms with van der Waals surface area (Å²) in [5, 5.41) is 0. The number of nitrogens with zero attached hydrogens (tertiary/aromatic N) is 1. The number of nitrogen functional groups attached to an aromatic ring is 1. The lowest BCUT2D eigenvalue weighted by Crippen LogP contribution is -2.04. The maximum absolute atomic E-state index is 12.0. The first-order chi connectivity index (χ1) is 7.68. The maximum Gasteiger partial charge on any atom is 0.211 e. The van der Waals surface area contributed by atoms with Gasteiger partial charge in [-0.25, -0.2) is 0 Å². The Balaban J connectivity index is 2.39. The highest BCUT2D eigenvalue weighted by Crippen LogP contribution is 2.15. The van der Waals surface area contributed by atoms with Crippen LogP contribution in [0, 0.1) is 6.92 Å². The largest absolute Gasteiger partial charge is 0.399 e. The van der Waals surface area contributed by atoms with E-state index in [2.05, 4.69) is 4.98 Å². The van der Waals surface area contributed by atoms with Crippen molar-refractivity contribution in [3.8, 4) is 0 Å². The van der Waals surface area contributed by atoms with E-state index < -0.39 is 0 Å². The quantitative estimate of drug-likeness (QED) is 0.613. The molecule has 16 heavy (non-hydrogen) atoms. The van der Waals surface area contributed by atoms with Gasteiger partial charge in [0.15, 0.2) is 0 Å². The fraction of sp³-hybridized carbons (Fsp3) is 0.0769. The highest BCUT2D eigenvalue weighted by atomic mass is 16.1. The van der Waals surface area contributed by atoms with E-state index in [9.17, 15) is 4.79 Å². The Morgan fingerprint density at radius 2 is 2.06 bits per heavy atom. The Morgan fingerprint density at radius 1 is 1.25 bits per heavy atom. The number of pyridine rings is 1. The predicted octanol–water partition coefficient (Wildman–Crippen LogP) is 2.20. The number of anilines is 1. The van der Waals surface area contributed by atoms with Crippen LogP contribution in [-0.4, -0.2) is 10.8 Å². The molecule has 0 bridgehead atoms. The molecule has 0 fully saturated rings. The zero-order chi connectivity index (χ0) is 11.5. The van der Waals surface area contributed by atoms with Gasteiger partial charge in [-0.15, -0.1) is 0 Å². The van der Waals surface area contributed by atoms with E-state index in [-0.39, 0.29) is 5.78 Å². The van der Waals surface area contributed by atoms with E-state index in [1.165, 1.54) is 0 Å². The van der Waals surface area contributed by atoms with Crippen molar-refractivity contribution < 1.29 is 4.79 Å². The van der Waals surface area contributed by atoms with Gasteiger partial charge in [0.1, 0.15) is 5.69 Å². The van der Waals surface area contributed by atoms with E-state index in [4.69, 9.17) is 5.73 Å². The van der Waals surface area contributed by atoms with E-state index in [0.29, 0.717) is 16.9 Å². The van der Waals surface area contributed by atoms with Gasteiger partial charge in [0.2, 0.25) is 5.78 Å². The van der Waals surface area contributed by atoms with Gasteiger partial charge in [0.25, 0.3) is 0 Å².